The highest BCUT2D eigenvalue weighted by Crippen LogP contribution is 2.30. The van der Waals surface area contributed by atoms with E-state index in [4.69, 9.17) is 4.52 Å². The molecule has 1 aliphatic heterocycles. The normalized spacial score (nSPS) is 18.1. The molecule has 2 amide bonds. The summed E-state index contributed by atoms with van der Waals surface area (Å²) in [5.41, 5.74) is 0.695. The minimum atomic E-state index is -1.13. The maximum Gasteiger partial charge on any atom is 0.326 e. The number of carboxylic acid groups (broad SMARTS) is 1. The molecule has 2 atom stereocenters. The fourth-order valence-electron chi connectivity index (χ4n) is 2.89. The van der Waals surface area contributed by atoms with Crippen LogP contribution in [0.25, 0.3) is 0 Å². The number of nitrogens with zero attached hydrogens (tertiary/aromatic N) is 3. The summed E-state index contributed by atoms with van der Waals surface area (Å²) in [7, 11) is 0. The van der Waals surface area contributed by atoms with E-state index in [2.05, 4.69) is 15.5 Å². The number of hydrogen-bond donors (Lipinski definition) is 3. The van der Waals surface area contributed by atoms with E-state index in [1.165, 1.54) is 23.4 Å². The smallest absolute Gasteiger partial charge is 0.326 e. The summed E-state index contributed by atoms with van der Waals surface area (Å²) in [6, 6.07) is 4.28. The molecule has 3 rings (SSSR count). The van der Waals surface area contributed by atoms with Crippen LogP contribution in [-0.2, 0) is 11.2 Å². The fourth-order valence-corrected chi connectivity index (χ4v) is 2.89. The summed E-state index contributed by atoms with van der Waals surface area (Å²) in [6.07, 6.45) is 2.84. The highest BCUT2D eigenvalue weighted by molar-refractivity contribution is 5.83. The zero-order valence-electron chi connectivity index (χ0n) is 13.3. The molecule has 0 aliphatic carbocycles. The number of aromatic hydroxyl groups is 1. The Kier molecular flexibility index (Phi) is 4.82. The number of benzene rings is 1. The number of urea groups is 1. The second-order valence-electron chi connectivity index (χ2n) is 5.84. The van der Waals surface area contributed by atoms with Crippen molar-refractivity contribution < 1.29 is 24.3 Å². The van der Waals surface area contributed by atoms with Gasteiger partial charge in [-0.3, -0.25) is 0 Å². The molecule has 9 nitrogen and oxygen atoms in total. The van der Waals surface area contributed by atoms with Gasteiger partial charge < -0.3 is 25.0 Å². The first-order chi connectivity index (χ1) is 12.0. The van der Waals surface area contributed by atoms with Gasteiger partial charge in [0, 0.05) is 13.0 Å². The predicted octanol–water partition coefficient (Wildman–Crippen LogP) is 1.32. The van der Waals surface area contributed by atoms with Gasteiger partial charge in [0.1, 0.15) is 17.8 Å². The Morgan fingerprint density at radius 1 is 1.36 bits per heavy atom. The quantitative estimate of drug-likeness (QED) is 0.744. The van der Waals surface area contributed by atoms with E-state index in [-0.39, 0.29) is 18.2 Å². The summed E-state index contributed by atoms with van der Waals surface area (Å²) in [4.78, 5) is 29.5. The predicted molar refractivity (Wildman–Crippen MR) is 84.7 cm³/mol. The van der Waals surface area contributed by atoms with Crippen LogP contribution in [0, 0.1) is 0 Å². The van der Waals surface area contributed by atoms with Gasteiger partial charge in [-0.2, -0.15) is 4.98 Å². The molecule has 2 heterocycles. The van der Waals surface area contributed by atoms with Gasteiger partial charge in [0.15, 0.2) is 6.33 Å². The summed E-state index contributed by atoms with van der Waals surface area (Å²) in [5.74, 6) is -0.688. The van der Waals surface area contributed by atoms with Crippen LogP contribution in [0.15, 0.2) is 35.1 Å². The lowest BCUT2D eigenvalue weighted by Gasteiger charge is -2.24. The van der Waals surface area contributed by atoms with Crippen molar-refractivity contribution >= 4 is 12.0 Å². The third kappa shape index (κ3) is 3.87. The number of hydrogen-bond acceptors (Lipinski definition) is 6. The fraction of sp³-hybridized carbons (Fsp3) is 0.375. The van der Waals surface area contributed by atoms with Crippen LogP contribution < -0.4 is 5.32 Å². The molecule has 9 heteroatoms. The Morgan fingerprint density at radius 3 is 2.76 bits per heavy atom. The first-order valence-electron chi connectivity index (χ1n) is 7.89. The van der Waals surface area contributed by atoms with Crippen molar-refractivity contribution in [1.82, 2.24) is 20.4 Å². The lowest BCUT2D eigenvalue weighted by Crippen LogP contribution is -2.48. The van der Waals surface area contributed by atoms with E-state index in [0.29, 0.717) is 24.4 Å². The number of aliphatic carboxylic acids is 1. The van der Waals surface area contributed by atoms with Gasteiger partial charge in [-0.05, 0) is 30.5 Å². The van der Waals surface area contributed by atoms with E-state index in [1.54, 1.807) is 12.1 Å². The van der Waals surface area contributed by atoms with Crippen LogP contribution in [0.5, 0.6) is 5.75 Å². The van der Waals surface area contributed by atoms with Gasteiger partial charge in [0.25, 0.3) is 0 Å². The number of carbonyl (C=O) groups excluding carboxylic acids is 1. The van der Waals surface area contributed by atoms with E-state index in [9.17, 15) is 19.8 Å². The van der Waals surface area contributed by atoms with Crippen LogP contribution in [0.4, 0.5) is 4.79 Å². The number of likely N-dealkylation sites (tertiary alicyclic amines) is 1. The summed E-state index contributed by atoms with van der Waals surface area (Å²) < 4.78 is 5.03. The second kappa shape index (κ2) is 7.20. The minimum Gasteiger partial charge on any atom is -0.508 e. The molecular formula is C16H18N4O5. The molecule has 1 aromatic heterocycles. The number of carbonyl (C=O) groups is 2. The molecule has 0 spiro atoms. The molecule has 2 aromatic rings. The van der Waals surface area contributed by atoms with Crippen LogP contribution in [0.3, 0.4) is 0 Å². The average Bonchev–Trinajstić information content (AvgIpc) is 3.26. The maximum atomic E-state index is 12.5. The highest BCUT2D eigenvalue weighted by Gasteiger charge is 2.35. The van der Waals surface area contributed by atoms with Crippen molar-refractivity contribution in [1.29, 1.82) is 0 Å². The minimum absolute atomic E-state index is 0.0964. The standard InChI is InChI=1S/C16H18N4O5/c21-11-5-3-10(4-6-11)8-12(15(22)23)19-16(24)20-7-1-2-13(20)14-17-9-18-25-14/h3-6,9,12-13,21H,1-2,7-8H2,(H,19,24)(H,22,23)/t12-,13-/m0/s1. The molecular weight excluding hydrogens is 328 g/mol. The monoisotopic (exact) mass is 346 g/mol. The molecule has 0 saturated carbocycles. The lowest BCUT2D eigenvalue weighted by atomic mass is 10.1. The van der Waals surface area contributed by atoms with Gasteiger partial charge in [0.05, 0.1) is 0 Å². The van der Waals surface area contributed by atoms with E-state index in [1.807, 2.05) is 0 Å². The molecule has 1 aromatic carbocycles. The molecule has 0 bridgehead atoms. The Balaban J connectivity index is 1.68. The molecule has 1 aliphatic rings. The Hall–Kier alpha value is -3.10. The number of nitrogens with one attached hydrogen (secondary N) is 1. The summed E-state index contributed by atoms with van der Waals surface area (Å²) in [5, 5.41) is 24.8. The Labute approximate surface area is 143 Å². The first kappa shape index (κ1) is 16.7. The van der Waals surface area contributed by atoms with Crippen molar-refractivity contribution in [2.45, 2.75) is 31.3 Å². The van der Waals surface area contributed by atoms with Crippen molar-refractivity contribution in [3.63, 3.8) is 0 Å². The van der Waals surface area contributed by atoms with Crippen LogP contribution in [-0.4, -0.2) is 49.8 Å². The number of phenolic OH excluding ortho intramolecular Hbond substituents is 1. The summed E-state index contributed by atoms with van der Waals surface area (Å²) in [6.45, 7) is 0.491. The molecule has 1 saturated heterocycles. The van der Waals surface area contributed by atoms with E-state index < -0.39 is 18.0 Å². The number of rotatable bonds is 5. The second-order valence-corrected chi connectivity index (χ2v) is 5.84. The molecule has 25 heavy (non-hydrogen) atoms. The van der Waals surface area contributed by atoms with Crippen LogP contribution in [0.2, 0.25) is 0 Å². The topological polar surface area (TPSA) is 129 Å². The largest absolute Gasteiger partial charge is 0.508 e. The van der Waals surface area contributed by atoms with Crippen molar-refractivity contribution in [3.05, 3.63) is 42.0 Å². The first-order valence-corrected chi connectivity index (χ1v) is 7.89. The number of aromatic nitrogens is 2. The van der Waals surface area contributed by atoms with Crippen molar-refractivity contribution in [2.24, 2.45) is 0 Å². The number of carboxylic acids is 1. The molecule has 1 fully saturated rings. The number of amides is 2. The van der Waals surface area contributed by atoms with Gasteiger partial charge in [-0.1, -0.05) is 17.3 Å². The van der Waals surface area contributed by atoms with Crippen LogP contribution >= 0.6 is 0 Å². The van der Waals surface area contributed by atoms with Gasteiger partial charge in [0.2, 0.25) is 5.89 Å². The molecule has 0 unspecified atom stereocenters. The maximum absolute atomic E-state index is 12.5. The highest BCUT2D eigenvalue weighted by atomic mass is 16.5. The molecule has 132 valence electrons. The third-order valence-corrected chi connectivity index (χ3v) is 4.15. The molecule has 3 N–H and O–H groups in total. The summed E-state index contributed by atoms with van der Waals surface area (Å²) >= 11 is 0. The van der Waals surface area contributed by atoms with Gasteiger partial charge in [-0.15, -0.1) is 0 Å². The number of phenols is 1. The third-order valence-electron chi connectivity index (χ3n) is 4.15. The SMILES string of the molecule is O=C(O)[C@H](Cc1ccc(O)cc1)NC(=O)N1CCC[C@H]1c1ncno1. The molecule has 0 radical (unpaired) electrons. The Bertz CT molecular complexity index is 731. The van der Waals surface area contributed by atoms with E-state index in [0.717, 1.165) is 6.42 Å². The van der Waals surface area contributed by atoms with Crippen molar-refractivity contribution in [3.8, 4) is 5.75 Å². The Morgan fingerprint density at radius 2 is 2.12 bits per heavy atom. The van der Waals surface area contributed by atoms with E-state index >= 15 is 0 Å². The lowest BCUT2D eigenvalue weighted by molar-refractivity contribution is -0.139. The zero-order valence-corrected chi connectivity index (χ0v) is 13.3. The zero-order chi connectivity index (χ0) is 17.8. The van der Waals surface area contributed by atoms with Crippen molar-refractivity contribution in [2.75, 3.05) is 6.54 Å². The van der Waals surface area contributed by atoms with Gasteiger partial charge in [-0.25, -0.2) is 9.59 Å². The van der Waals surface area contributed by atoms with Gasteiger partial charge >= 0.3 is 12.0 Å². The van der Waals surface area contributed by atoms with Crippen LogP contribution in [0.1, 0.15) is 30.3 Å². The average molecular weight is 346 g/mol.